The lowest BCUT2D eigenvalue weighted by atomic mass is 9.84. The fourth-order valence-electron chi connectivity index (χ4n) is 2.76. The molecule has 2 unspecified atom stereocenters. The summed E-state index contributed by atoms with van der Waals surface area (Å²) in [6.45, 7) is 3.41. The van der Waals surface area contributed by atoms with Gasteiger partial charge in [0.15, 0.2) is 0 Å². The van der Waals surface area contributed by atoms with Gasteiger partial charge < -0.3 is 15.7 Å². The van der Waals surface area contributed by atoms with Crippen molar-refractivity contribution in [1.82, 2.24) is 4.90 Å². The zero-order chi connectivity index (χ0) is 13.3. The number of carboxylic acids is 1. The summed E-state index contributed by atoms with van der Waals surface area (Å²) < 4.78 is 0. The van der Waals surface area contributed by atoms with Crippen molar-refractivity contribution in [3.63, 3.8) is 0 Å². The van der Waals surface area contributed by atoms with E-state index in [0.29, 0.717) is 12.5 Å². The van der Waals surface area contributed by atoms with E-state index in [2.05, 4.69) is 0 Å². The van der Waals surface area contributed by atoms with Crippen LogP contribution in [0.2, 0.25) is 0 Å². The number of nitrogens with zero attached hydrogens (tertiary/aromatic N) is 1. The molecular formula is C13H22N2O3. The van der Waals surface area contributed by atoms with Gasteiger partial charge in [-0.1, -0.05) is 6.92 Å². The number of carboxylic acid groups (broad SMARTS) is 1. The Bertz CT molecular complexity index is 352. The molecule has 1 saturated carbocycles. The van der Waals surface area contributed by atoms with Gasteiger partial charge in [-0.25, -0.2) is 0 Å². The smallest absolute Gasteiger partial charge is 0.303 e. The summed E-state index contributed by atoms with van der Waals surface area (Å²) in [5.74, 6) is -0.287. The molecule has 0 spiro atoms. The molecule has 1 aliphatic carbocycles. The first-order valence-corrected chi connectivity index (χ1v) is 6.72. The second kappa shape index (κ2) is 4.88. The maximum atomic E-state index is 12.2. The predicted octanol–water partition coefficient (Wildman–Crippen LogP) is 0.827. The zero-order valence-electron chi connectivity index (χ0n) is 10.9. The van der Waals surface area contributed by atoms with E-state index in [-0.39, 0.29) is 18.2 Å². The number of hydrogen-bond acceptors (Lipinski definition) is 3. The molecule has 0 bridgehead atoms. The molecule has 0 aromatic heterocycles. The number of amides is 1. The summed E-state index contributed by atoms with van der Waals surface area (Å²) >= 11 is 0. The first-order valence-electron chi connectivity index (χ1n) is 6.72. The molecule has 2 fully saturated rings. The van der Waals surface area contributed by atoms with Gasteiger partial charge in [-0.3, -0.25) is 9.59 Å². The van der Waals surface area contributed by atoms with Crippen LogP contribution in [0.3, 0.4) is 0 Å². The first-order chi connectivity index (χ1) is 8.42. The van der Waals surface area contributed by atoms with Gasteiger partial charge in [0.2, 0.25) is 5.91 Å². The van der Waals surface area contributed by atoms with E-state index < -0.39 is 11.5 Å². The highest BCUT2D eigenvalue weighted by atomic mass is 16.4. The van der Waals surface area contributed by atoms with Gasteiger partial charge in [0.1, 0.15) is 0 Å². The molecule has 0 aromatic rings. The number of aliphatic carboxylic acids is 1. The number of hydrogen-bond donors (Lipinski definition) is 2. The van der Waals surface area contributed by atoms with Crippen LogP contribution in [0.1, 0.15) is 39.0 Å². The molecule has 1 heterocycles. The number of piperidine rings is 1. The van der Waals surface area contributed by atoms with Crippen molar-refractivity contribution in [2.45, 2.75) is 44.6 Å². The van der Waals surface area contributed by atoms with Crippen molar-refractivity contribution < 1.29 is 14.7 Å². The van der Waals surface area contributed by atoms with Crippen molar-refractivity contribution in [3.05, 3.63) is 0 Å². The van der Waals surface area contributed by atoms with Gasteiger partial charge in [0, 0.05) is 19.5 Å². The van der Waals surface area contributed by atoms with Crippen LogP contribution in [0, 0.1) is 11.8 Å². The number of carbonyl (C=O) groups is 2. The predicted molar refractivity (Wildman–Crippen MR) is 66.9 cm³/mol. The second-order valence-electron chi connectivity index (χ2n) is 5.88. The van der Waals surface area contributed by atoms with Gasteiger partial charge in [0.25, 0.3) is 0 Å². The highest BCUT2D eigenvalue weighted by Gasteiger charge is 2.48. The zero-order valence-corrected chi connectivity index (χ0v) is 10.9. The summed E-state index contributed by atoms with van der Waals surface area (Å²) in [4.78, 5) is 24.7. The molecule has 1 amide bonds. The van der Waals surface area contributed by atoms with E-state index in [1.165, 1.54) is 0 Å². The van der Waals surface area contributed by atoms with Crippen molar-refractivity contribution in [2.75, 3.05) is 13.1 Å². The average Bonchev–Trinajstić information content (AvgIpc) is 3.07. The van der Waals surface area contributed by atoms with Crippen LogP contribution in [-0.2, 0) is 9.59 Å². The quantitative estimate of drug-likeness (QED) is 0.778. The fraction of sp³-hybridized carbons (Fsp3) is 0.846. The van der Waals surface area contributed by atoms with Crippen LogP contribution >= 0.6 is 0 Å². The average molecular weight is 254 g/mol. The van der Waals surface area contributed by atoms with Crippen LogP contribution in [0.25, 0.3) is 0 Å². The van der Waals surface area contributed by atoms with Crippen molar-refractivity contribution >= 4 is 11.9 Å². The molecule has 1 saturated heterocycles. The van der Waals surface area contributed by atoms with E-state index >= 15 is 0 Å². The largest absolute Gasteiger partial charge is 0.481 e. The Morgan fingerprint density at radius 1 is 1.50 bits per heavy atom. The first kappa shape index (κ1) is 13.3. The third-order valence-electron chi connectivity index (χ3n) is 4.26. The highest BCUT2D eigenvalue weighted by molar-refractivity contribution is 5.89. The Morgan fingerprint density at radius 3 is 2.72 bits per heavy atom. The molecule has 1 aliphatic heterocycles. The Hall–Kier alpha value is -1.10. The second-order valence-corrected chi connectivity index (χ2v) is 5.88. The topological polar surface area (TPSA) is 83.6 Å². The minimum Gasteiger partial charge on any atom is -0.481 e. The molecular weight excluding hydrogens is 232 g/mol. The van der Waals surface area contributed by atoms with Crippen molar-refractivity contribution in [1.29, 1.82) is 0 Å². The molecule has 2 atom stereocenters. The highest BCUT2D eigenvalue weighted by Crippen LogP contribution is 2.36. The molecule has 2 aliphatic rings. The molecule has 3 N–H and O–H groups in total. The maximum absolute atomic E-state index is 12.2. The normalized spacial score (nSPS) is 27.7. The van der Waals surface area contributed by atoms with Crippen LogP contribution in [0.15, 0.2) is 0 Å². The molecule has 5 heteroatoms. The third-order valence-corrected chi connectivity index (χ3v) is 4.26. The van der Waals surface area contributed by atoms with Gasteiger partial charge in [-0.15, -0.1) is 0 Å². The van der Waals surface area contributed by atoms with Crippen LogP contribution in [0.5, 0.6) is 0 Å². The minimum absolute atomic E-state index is 0.0646. The summed E-state index contributed by atoms with van der Waals surface area (Å²) in [5.41, 5.74) is 5.34. The van der Waals surface area contributed by atoms with E-state index in [9.17, 15) is 9.59 Å². The van der Waals surface area contributed by atoms with Crippen LogP contribution in [0.4, 0.5) is 0 Å². The van der Waals surface area contributed by atoms with Crippen molar-refractivity contribution in [3.8, 4) is 0 Å². The lowest BCUT2D eigenvalue weighted by molar-refractivity contribution is -0.139. The Morgan fingerprint density at radius 2 is 2.17 bits per heavy atom. The molecule has 5 nitrogen and oxygen atoms in total. The standard InChI is InChI=1S/C13H22N2O3/c1-9(7-11(16)17)10-3-2-6-15(8-10)12(18)13(14)4-5-13/h9-10H,2-8,14H2,1H3,(H,16,17). The number of nitrogens with two attached hydrogens (primary N) is 1. The van der Waals surface area contributed by atoms with Gasteiger partial charge >= 0.3 is 5.97 Å². The lowest BCUT2D eigenvalue weighted by Gasteiger charge is -2.36. The number of likely N-dealkylation sites (tertiary alicyclic amines) is 1. The molecule has 102 valence electrons. The summed E-state index contributed by atoms with van der Waals surface area (Å²) in [7, 11) is 0. The van der Waals surface area contributed by atoms with E-state index in [1.807, 2.05) is 11.8 Å². The lowest BCUT2D eigenvalue weighted by Crippen LogP contribution is -2.50. The van der Waals surface area contributed by atoms with Gasteiger partial charge in [-0.2, -0.15) is 0 Å². The van der Waals surface area contributed by atoms with Gasteiger partial charge in [-0.05, 0) is 37.5 Å². The summed E-state index contributed by atoms with van der Waals surface area (Å²) in [5, 5.41) is 8.83. The minimum atomic E-state index is -0.761. The molecule has 18 heavy (non-hydrogen) atoms. The Kier molecular flexibility index (Phi) is 3.61. The van der Waals surface area contributed by atoms with Crippen LogP contribution in [-0.4, -0.2) is 40.5 Å². The summed E-state index contributed by atoms with van der Waals surface area (Å²) in [6, 6.07) is 0. The monoisotopic (exact) mass is 254 g/mol. The van der Waals surface area contributed by atoms with Crippen LogP contribution < -0.4 is 5.73 Å². The molecule has 0 aromatic carbocycles. The Labute approximate surface area is 107 Å². The van der Waals surface area contributed by atoms with E-state index in [4.69, 9.17) is 10.8 Å². The molecule has 2 rings (SSSR count). The summed E-state index contributed by atoms with van der Waals surface area (Å²) in [6.07, 6.45) is 3.72. The third kappa shape index (κ3) is 2.83. The maximum Gasteiger partial charge on any atom is 0.303 e. The Balaban J connectivity index is 1.92. The molecule has 0 radical (unpaired) electrons. The van der Waals surface area contributed by atoms with E-state index in [1.54, 1.807) is 0 Å². The van der Waals surface area contributed by atoms with Gasteiger partial charge in [0.05, 0.1) is 5.54 Å². The fourth-order valence-corrected chi connectivity index (χ4v) is 2.76. The number of carbonyl (C=O) groups excluding carboxylic acids is 1. The van der Waals surface area contributed by atoms with Crippen molar-refractivity contribution in [2.24, 2.45) is 17.6 Å². The SMILES string of the molecule is CC(CC(=O)O)C1CCCN(C(=O)C2(N)CC2)C1. The van der Waals surface area contributed by atoms with E-state index in [0.717, 1.165) is 32.2 Å². The number of rotatable bonds is 4.